The minimum Gasteiger partial charge on any atom is -0.489 e. The first-order chi connectivity index (χ1) is 17.2. The van der Waals surface area contributed by atoms with E-state index in [0.29, 0.717) is 13.2 Å². The standard InChI is InChI=1S/C30H35N3O2/c1-3-18-35-29-17-11-10-16-25(29)20-32-26-19-28(30(34)31-2)33(21-26)22-27(23-12-6-4-7-13-23)24-14-8-5-9-15-24/h3-17,26-28,32H,1,18-22H2,2H3,(H,31,34)/t26-,28+/m1/s1. The molecule has 4 rings (SSSR count). The van der Waals surface area contributed by atoms with Crippen molar-refractivity contribution in [3.05, 3.63) is 114 Å². The van der Waals surface area contributed by atoms with Crippen LogP contribution in [0.25, 0.3) is 0 Å². The molecule has 1 aliphatic rings. The normalized spacial score (nSPS) is 17.9. The largest absolute Gasteiger partial charge is 0.489 e. The number of likely N-dealkylation sites (N-methyl/N-ethyl adjacent to an activating group) is 1. The molecule has 3 aromatic carbocycles. The summed E-state index contributed by atoms with van der Waals surface area (Å²) in [5.74, 6) is 1.13. The number of rotatable bonds is 11. The quantitative estimate of drug-likeness (QED) is 0.410. The van der Waals surface area contributed by atoms with Gasteiger partial charge in [-0.3, -0.25) is 9.69 Å². The Bertz CT molecular complexity index is 1050. The Hall–Kier alpha value is -3.41. The molecule has 1 saturated heterocycles. The van der Waals surface area contributed by atoms with Crippen molar-refractivity contribution in [2.24, 2.45) is 0 Å². The lowest BCUT2D eigenvalue weighted by Gasteiger charge is -2.28. The van der Waals surface area contributed by atoms with Gasteiger partial charge in [0.15, 0.2) is 0 Å². The van der Waals surface area contributed by atoms with Gasteiger partial charge in [0.05, 0.1) is 6.04 Å². The Morgan fingerprint density at radius 1 is 1.03 bits per heavy atom. The minimum atomic E-state index is -0.167. The number of nitrogens with one attached hydrogen (secondary N) is 2. The highest BCUT2D eigenvalue weighted by Crippen LogP contribution is 2.29. The molecule has 2 atom stereocenters. The molecular weight excluding hydrogens is 434 g/mol. The average molecular weight is 470 g/mol. The summed E-state index contributed by atoms with van der Waals surface area (Å²) in [7, 11) is 1.72. The van der Waals surface area contributed by atoms with Crippen LogP contribution in [0.1, 0.15) is 29.0 Å². The second-order valence-corrected chi connectivity index (χ2v) is 8.98. The summed E-state index contributed by atoms with van der Waals surface area (Å²) in [5.41, 5.74) is 3.63. The number of carbonyl (C=O) groups is 1. The molecule has 0 saturated carbocycles. The molecule has 2 N–H and O–H groups in total. The van der Waals surface area contributed by atoms with Crippen molar-refractivity contribution in [2.75, 3.05) is 26.7 Å². The Morgan fingerprint density at radius 3 is 2.29 bits per heavy atom. The van der Waals surface area contributed by atoms with Gasteiger partial charge in [-0.1, -0.05) is 91.5 Å². The second-order valence-electron chi connectivity index (χ2n) is 8.98. The van der Waals surface area contributed by atoms with E-state index in [0.717, 1.165) is 30.8 Å². The third-order valence-electron chi connectivity index (χ3n) is 6.68. The Morgan fingerprint density at radius 2 is 1.66 bits per heavy atom. The van der Waals surface area contributed by atoms with Crippen LogP contribution in [0.5, 0.6) is 5.75 Å². The summed E-state index contributed by atoms with van der Waals surface area (Å²) in [5, 5.41) is 6.56. The molecule has 3 aromatic rings. The number of amides is 1. The molecule has 0 spiro atoms. The van der Waals surface area contributed by atoms with E-state index in [4.69, 9.17) is 4.74 Å². The van der Waals surface area contributed by atoms with Crippen LogP contribution >= 0.6 is 0 Å². The Labute approximate surface area is 208 Å². The van der Waals surface area contributed by atoms with Crippen LogP contribution in [0, 0.1) is 0 Å². The van der Waals surface area contributed by atoms with E-state index in [1.54, 1.807) is 13.1 Å². The van der Waals surface area contributed by atoms with E-state index in [1.165, 1.54) is 11.1 Å². The summed E-state index contributed by atoms with van der Waals surface area (Å²) in [6.07, 6.45) is 2.52. The first-order valence-electron chi connectivity index (χ1n) is 12.3. The molecular formula is C30H35N3O2. The van der Waals surface area contributed by atoms with Gasteiger partial charge in [0.25, 0.3) is 0 Å². The van der Waals surface area contributed by atoms with Crippen molar-refractivity contribution < 1.29 is 9.53 Å². The molecule has 5 nitrogen and oxygen atoms in total. The molecule has 0 unspecified atom stereocenters. The van der Waals surface area contributed by atoms with Gasteiger partial charge in [-0.25, -0.2) is 0 Å². The number of likely N-dealkylation sites (tertiary alicyclic amines) is 1. The molecule has 35 heavy (non-hydrogen) atoms. The van der Waals surface area contributed by atoms with E-state index >= 15 is 0 Å². The van der Waals surface area contributed by atoms with E-state index < -0.39 is 0 Å². The zero-order valence-corrected chi connectivity index (χ0v) is 20.4. The second kappa shape index (κ2) is 12.3. The van der Waals surface area contributed by atoms with Crippen LogP contribution in [0.15, 0.2) is 97.6 Å². The fraction of sp³-hybridized carbons (Fsp3) is 0.300. The van der Waals surface area contributed by atoms with Gasteiger partial charge < -0.3 is 15.4 Å². The average Bonchev–Trinajstić information content (AvgIpc) is 3.33. The molecule has 0 aliphatic carbocycles. The fourth-order valence-corrected chi connectivity index (χ4v) is 4.89. The highest BCUT2D eigenvalue weighted by atomic mass is 16.5. The van der Waals surface area contributed by atoms with Crippen molar-refractivity contribution in [1.29, 1.82) is 0 Å². The van der Waals surface area contributed by atoms with Gasteiger partial charge in [-0.15, -0.1) is 0 Å². The number of para-hydroxylation sites is 1. The maximum atomic E-state index is 12.9. The molecule has 5 heteroatoms. The van der Waals surface area contributed by atoms with Gasteiger partial charge >= 0.3 is 0 Å². The van der Waals surface area contributed by atoms with Crippen molar-refractivity contribution in [3.8, 4) is 5.75 Å². The predicted molar refractivity (Wildman–Crippen MR) is 142 cm³/mol. The summed E-state index contributed by atoms with van der Waals surface area (Å²) in [4.78, 5) is 15.2. The zero-order chi connectivity index (χ0) is 24.5. The van der Waals surface area contributed by atoms with Gasteiger partial charge in [-0.05, 0) is 23.6 Å². The minimum absolute atomic E-state index is 0.0730. The molecule has 0 radical (unpaired) electrons. The number of nitrogens with zero attached hydrogens (tertiary/aromatic N) is 1. The molecule has 0 aromatic heterocycles. The van der Waals surface area contributed by atoms with Gasteiger partial charge in [-0.2, -0.15) is 0 Å². The van der Waals surface area contributed by atoms with Crippen LogP contribution in [-0.2, 0) is 11.3 Å². The van der Waals surface area contributed by atoms with Crippen LogP contribution in [0.4, 0.5) is 0 Å². The predicted octanol–water partition coefficient (Wildman–Crippen LogP) is 4.36. The van der Waals surface area contributed by atoms with E-state index in [1.807, 2.05) is 30.3 Å². The van der Waals surface area contributed by atoms with Gasteiger partial charge in [0.2, 0.25) is 5.91 Å². The third-order valence-corrected chi connectivity index (χ3v) is 6.68. The van der Waals surface area contributed by atoms with E-state index in [9.17, 15) is 4.79 Å². The topological polar surface area (TPSA) is 53.6 Å². The number of benzene rings is 3. The SMILES string of the molecule is C=CCOc1ccccc1CN[C@@H]1C[C@@H](C(=O)NC)N(CC(c2ccccc2)c2ccccc2)C1. The van der Waals surface area contributed by atoms with Crippen LogP contribution in [-0.4, -0.2) is 49.6 Å². The number of ether oxygens (including phenoxy) is 1. The molecule has 1 amide bonds. The van der Waals surface area contributed by atoms with Crippen molar-refractivity contribution >= 4 is 5.91 Å². The summed E-state index contributed by atoms with van der Waals surface area (Å²) in [6.45, 7) is 6.50. The number of carbonyl (C=O) groups excluding carboxylic acids is 1. The zero-order valence-electron chi connectivity index (χ0n) is 20.4. The highest BCUT2D eigenvalue weighted by Gasteiger charge is 2.37. The summed E-state index contributed by atoms with van der Waals surface area (Å²) >= 11 is 0. The molecule has 1 aliphatic heterocycles. The van der Waals surface area contributed by atoms with E-state index in [-0.39, 0.29) is 23.9 Å². The lowest BCUT2D eigenvalue weighted by molar-refractivity contribution is -0.125. The molecule has 1 fully saturated rings. The maximum absolute atomic E-state index is 12.9. The molecule has 1 heterocycles. The monoisotopic (exact) mass is 469 g/mol. The van der Waals surface area contributed by atoms with Gasteiger partial charge in [0.1, 0.15) is 12.4 Å². The Kier molecular flexibility index (Phi) is 8.71. The molecule has 182 valence electrons. The van der Waals surface area contributed by atoms with Crippen molar-refractivity contribution in [1.82, 2.24) is 15.5 Å². The number of hydrogen-bond acceptors (Lipinski definition) is 4. The molecule has 0 bridgehead atoms. The van der Waals surface area contributed by atoms with Crippen molar-refractivity contribution in [2.45, 2.75) is 31.0 Å². The Balaban J connectivity index is 1.50. The lowest BCUT2D eigenvalue weighted by atomic mass is 9.90. The number of hydrogen-bond donors (Lipinski definition) is 2. The first kappa shape index (κ1) is 24.7. The first-order valence-corrected chi connectivity index (χ1v) is 12.3. The van der Waals surface area contributed by atoms with Gasteiger partial charge in [0, 0.05) is 44.2 Å². The van der Waals surface area contributed by atoms with Crippen LogP contribution in [0.3, 0.4) is 0 Å². The fourth-order valence-electron chi connectivity index (χ4n) is 4.89. The van der Waals surface area contributed by atoms with E-state index in [2.05, 4.69) is 76.7 Å². The maximum Gasteiger partial charge on any atom is 0.237 e. The summed E-state index contributed by atoms with van der Waals surface area (Å²) in [6, 6.07) is 29.3. The van der Waals surface area contributed by atoms with Crippen LogP contribution in [0.2, 0.25) is 0 Å². The van der Waals surface area contributed by atoms with Crippen LogP contribution < -0.4 is 15.4 Å². The van der Waals surface area contributed by atoms with Crippen molar-refractivity contribution in [3.63, 3.8) is 0 Å². The summed E-state index contributed by atoms with van der Waals surface area (Å²) < 4.78 is 5.82. The third kappa shape index (κ3) is 6.38. The lowest BCUT2D eigenvalue weighted by Crippen LogP contribution is -2.43. The smallest absolute Gasteiger partial charge is 0.237 e. The highest BCUT2D eigenvalue weighted by molar-refractivity contribution is 5.81.